The summed E-state index contributed by atoms with van der Waals surface area (Å²) in [6, 6.07) is -0.691. The molecule has 2 N–H and O–H groups in total. The van der Waals surface area contributed by atoms with E-state index in [1.807, 2.05) is 27.7 Å². The Labute approximate surface area is 116 Å². The predicted octanol–water partition coefficient (Wildman–Crippen LogP) is 1.60. The van der Waals surface area contributed by atoms with Crippen LogP contribution in [0.15, 0.2) is 5.11 Å². The summed E-state index contributed by atoms with van der Waals surface area (Å²) < 4.78 is 20.0. The summed E-state index contributed by atoms with van der Waals surface area (Å²) in [6.07, 6.45) is -0.131. The molecule has 0 aliphatic carbocycles. The first kappa shape index (κ1) is 16.6. The van der Waals surface area contributed by atoms with E-state index >= 15 is 0 Å². The fourth-order valence-corrected chi connectivity index (χ4v) is 2.63. The molecule has 1 aliphatic heterocycles. The van der Waals surface area contributed by atoms with Gasteiger partial charge >= 0.3 is 0 Å². The van der Waals surface area contributed by atoms with Gasteiger partial charge in [0.05, 0.1) is 18.2 Å². The largest absolute Gasteiger partial charge is 0.598 e. The van der Waals surface area contributed by atoms with E-state index in [1.54, 1.807) is 0 Å². The molecule has 0 aromatic carbocycles. The third kappa shape index (κ3) is 4.83. The van der Waals surface area contributed by atoms with E-state index in [9.17, 15) is 9.66 Å². The van der Waals surface area contributed by atoms with Gasteiger partial charge in [0.25, 0.3) is 0 Å². The Morgan fingerprint density at radius 2 is 2.16 bits per heavy atom. The number of nitrogens with zero attached hydrogens (tertiary/aromatic N) is 3. The number of aliphatic hydroxyl groups is 1. The fraction of sp³-hybridized carbons (Fsp3) is 1.00. The maximum atomic E-state index is 12.0. The van der Waals surface area contributed by atoms with Gasteiger partial charge in [0.15, 0.2) is 6.29 Å². The minimum absolute atomic E-state index is 0.151. The van der Waals surface area contributed by atoms with Gasteiger partial charge in [0, 0.05) is 16.3 Å². The monoisotopic (exact) mass is 290 g/mol. The molecule has 0 aromatic rings. The molecule has 2 unspecified atom stereocenters. The summed E-state index contributed by atoms with van der Waals surface area (Å²) in [4.78, 5) is 2.68. The van der Waals surface area contributed by atoms with Crippen molar-refractivity contribution in [2.24, 2.45) is 5.11 Å². The van der Waals surface area contributed by atoms with Crippen molar-refractivity contribution in [2.45, 2.75) is 69.8 Å². The van der Waals surface area contributed by atoms with Gasteiger partial charge in [-0.2, -0.15) is 0 Å². The summed E-state index contributed by atoms with van der Waals surface area (Å²) in [5.41, 5.74) is 8.36. The van der Waals surface area contributed by atoms with Crippen molar-refractivity contribution in [3.63, 3.8) is 0 Å². The van der Waals surface area contributed by atoms with Gasteiger partial charge in [-0.1, -0.05) is 5.11 Å². The number of hydrogen-bond acceptors (Lipinski definition) is 5. The topological polar surface area (TPSA) is 113 Å². The molecule has 7 nitrogen and oxygen atoms in total. The van der Waals surface area contributed by atoms with Crippen LogP contribution < -0.4 is 4.72 Å². The smallest absolute Gasteiger partial charge is 0.163 e. The lowest BCUT2D eigenvalue weighted by molar-refractivity contribution is -0.177. The van der Waals surface area contributed by atoms with Gasteiger partial charge in [-0.15, -0.1) is 4.72 Å². The number of aliphatic hydroxyl groups excluding tert-OH is 1. The molecule has 1 saturated heterocycles. The van der Waals surface area contributed by atoms with Crippen LogP contribution in [0.25, 0.3) is 10.4 Å². The number of nitrogens with one attached hydrogen (secondary N) is 1. The second kappa shape index (κ2) is 6.78. The quantitative estimate of drug-likeness (QED) is 0.354. The maximum Gasteiger partial charge on any atom is 0.163 e. The molecule has 0 bridgehead atoms. The van der Waals surface area contributed by atoms with Crippen LogP contribution in [0.3, 0.4) is 0 Å². The molecule has 1 aliphatic rings. The van der Waals surface area contributed by atoms with E-state index in [4.69, 9.17) is 10.3 Å². The van der Waals surface area contributed by atoms with Crippen LogP contribution >= 0.6 is 0 Å². The molecule has 1 heterocycles. The zero-order valence-corrected chi connectivity index (χ0v) is 12.6. The fourth-order valence-electron chi connectivity index (χ4n) is 1.79. The Kier molecular flexibility index (Phi) is 5.91. The van der Waals surface area contributed by atoms with E-state index in [0.717, 1.165) is 0 Å². The Bertz CT molecular complexity index is 343. The van der Waals surface area contributed by atoms with Crippen molar-refractivity contribution < 1.29 is 14.4 Å². The summed E-state index contributed by atoms with van der Waals surface area (Å²) in [5.74, 6) is 0. The SMILES string of the molecule is C[C@@H](N[S@+]([O-])C(C)(C)C)[C@@H]1CCC(N=[N+]=[N-])C(O)O1. The zero-order valence-electron chi connectivity index (χ0n) is 11.7. The Balaban J connectivity index is 2.52. The Morgan fingerprint density at radius 1 is 1.53 bits per heavy atom. The molecule has 0 aromatic heterocycles. The van der Waals surface area contributed by atoms with Crippen molar-refractivity contribution in [3.05, 3.63) is 10.4 Å². The standard InChI is InChI=1S/C11H22N4O3S/c1-7(14-19(17)11(2,3)4)9-6-5-8(13-15-12)10(16)18-9/h7-10,14,16H,5-6H2,1-4H3/t7-,8?,9+,10?,19-/m1/s1. The molecule has 0 spiro atoms. The number of hydrogen-bond donors (Lipinski definition) is 2. The molecule has 19 heavy (non-hydrogen) atoms. The third-order valence-electron chi connectivity index (χ3n) is 3.00. The van der Waals surface area contributed by atoms with Crippen LogP contribution in [0.1, 0.15) is 40.5 Å². The Hall–Kier alpha value is -0.500. The number of ether oxygens (including phenoxy) is 1. The van der Waals surface area contributed by atoms with Crippen LogP contribution in [0, 0.1) is 0 Å². The van der Waals surface area contributed by atoms with E-state index in [-0.39, 0.29) is 16.9 Å². The van der Waals surface area contributed by atoms with Gasteiger partial charge in [-0.3, -0.25) is 0 Å². The van der Waals surface area contributed by atoms with Crippen molar-refractivity contribution in [1.29, 1.82) is 0 Å². The van der Waals surface area contributed by atoms with Gasteiger partial charge in [0.1, 0.15) is 4.75 Å². The third-order valence-corrected chi connectivity index (χ3v) is 4.70. The van der Waals surface area contributed by atoms with Crippen LogP contribution in [-0.2, 0) is 16.1 Å². The first-order valence-electron chi connectivity index (χ1n) is 6.31. The Morgan fingerprint density at radius 3 is 2.63 bits per heavy atom. The van der Waals surface area contributed by atoms with E-state index in [1.165, 1.54) is 0 Å². The maximum absolute atomic E-state index is 12.0. The van der Waals surface area contributed by atoms with Crippen molar-refractivity contribution in [2.75, 3.05) is 0 Å². The van der Waals surface area contributed by atoms with Crippen LogP contribution in [-0.4, -0.2) is 38.9 Å². The number of rotatable bonds is 4. The highest BCUT2D eigenvalue weighted by Crippen LogP contribution is 2.24. The lowest BCUT2D eigenvalue weighted by Crippen LogP contribution is -2.51. The molecule has 0 radical (unpaired) electrons. The number of azide groups is 1. The minimum atomic E-state index is -1.19. The highest BCUT2D eigenvalue weighted by Gasteiger charge is 2.35. The molecule has 5 atom stereocenters. The predicted molar refractivity (Wildman–Crippen MR) is 73.5 cm³/mol. The van der Waals surface area contributed by atoms with Crippen LogP contribution in [0.2, 0.25) is 0 Å². The summed E-state index contributed by atoms with van der Waals surface area (Å²) >= 11 is -1.19. The highest BCUT2D eigenvalue weighted by molar-refractivity contribution is 7.90. The normalized spacial score (nSPS) is 31.4. The van der Waals surface area contributed by atoms with Crippen molar-refractivity contribution in [3.8, 4) is 0 Å². The molecule has 0 saturated carbocycles. The van der Waals surface area contributed by atoms with Gasteiger partial charge in [-0.05, 0) is 46.1 Å². The lowest BCUT2D eigenvalue weighted by Gasteiger charge is -2.35. The second-order valence-corrected chi connectivity index (χ2v) is 7.70. The average molecular weight is 290 g/mol. The first-order valence-corrected chi connectivity index (χ1v) is 7.46. The molecule has 0 amide bonds. The molecule has 1 rings (SSSR count). The summed E-state index contributed by atoms with van der Waals surface area (Å²) in [6.45, 7) is 7.53. The van der Waals surface area contributed by atoms with Crippen molar-refractivity contribution >= 4 is 11.4 Å². The van der Waals surface area contributed by atoms with Gasteiger partial charge in [-0.25, -0.2) is 0 Å². The zero-order chi connectivity index (χ0) is 14.6. The van der Waals surface area contributed by atoms with Gasteiger partial charge < -0.3 is 14.4 Å². The van der Waals surface area contributed by atoms with E-state index in [2.05, 4.69) is 14.7 Å². The lowest BCUT2D eigenvalue weighted by atomic mass is 10.0. The molecule has 110 valence electrons. The van der Waals surface area contributed by atoms with E-state index in [0.29, 0.717) is 12.8 Å². The van der Waals surface area contributed by atoms with Crippen LogP contribution in [0.4, 0.5) is 0 Å². The second-order valence-electron chi connectivity index (χ2n) is 5.70. The average Bonchev–Trinajstić information content (AvgIpc) is 2.30. The molecular weight excluding hydrogens is 268 g/mol. The first-order chi connectivity index (χ1) is 8.75. The van der Waals surface area contributed by atoms with Crippen molar-refractivity contribution in [1.82, 2.24) is 4.72 Å². The summed E-state index contributed by atoms with van der Waals surface area (Å²) in [7, 11) is 0. The van der Waals surface area contributed by atoms with Gasteiger partial charge in [0.2, 0.25) is 0 Å². The van der Waals surface area contributed by atoms with Crippen LogP contribution in [0.5, 0.6) is 0 Å². The van der Waals surface area contributed by atoms with E-state index < -0.39 is 23.7 Å². The molecular formula is C11H22N4O3S. The molecule has 8 heteroatoms. The minimum Gasteiger partial charge on any atom is -0.598 e. The highest BCUT2D eigenvalue weighted by atomic mass is 32.2. The molecule has 1 fully saturated rings. The summed E-state index contributed by atoms with van der Waals surface area (Å²) in [5, 5.41) is 13.2.